The third-order valence-corrected chi connectivity index (χ3v) is 2.70. The molecule has 1 N–H and O–H groups in total. The molecule has 0 aliphatic rings. The highest BCUT2D eigenvalue weighted by Crippen LogP contribution is 2.26. The molecular formula is C12H12BrN3O. The van der Waals surface area contributed by atoms with E-state index >= 15 is 0 Å². The number of aromatic nitrogens is 2. The average molecular weight is 294 g/mol. The molecule has 2 aromatic rings. The van der Waals surface area contributed by atoms with Crippen LogP contribution in [0.25, 0.3) is 0 Å². The number of nitrogens with one attached hydrogen (secondary N) is 1. The minimum absolute atomic E-state index is 0.515. The van der Waals surface area contributed by atoms with Crippen LogP contribution in [0.1, 0.15) is 5.56 Å². The summed E-state index contributed by atoms with van der Waals surface area (Å²) < 4.78 is 6.36. The van der Waals surface area contributed by atoms with Crippen LogP contribution in [0.2, 0.25) is 0 Å². The van der Waals surface area contributed by atoms with E-state index < -0.39 is 0 Å². The number of benzene rings is 1. The lowest BCUT2D eigenvalue weighted by Gasteiger charge is -2.06. The summed E-state index contributed by atoms with van der Waals surface area (Å²) >= 11 is 3.33. The molecule has 0 radical (unpaired) electrons. The number of nitrogens with zero attached hydrogens (tertiary/aromatic N) is 2. The largest absolute Gasteiger partial charge is 0.438 e. The predicted molar refractivity (Wildman–Crippen MR) is 69.0 cm³/mol. The first-order chi connectivity index (χ1) is 8.29. The molecule has 2 rings (SSSR count). The van der Waals surface area contributed by atoms with Gasteiger partial charge in [0, 0.05) is 12.7 Å². The fraction of sp³-hybridized carbons (Fsp3) is 0.167. The maximum atomic E-state index is 5.62. The Morgan fingerprint density at radius 2 is 2.06 bits per heavy atom. The van der Waals surface area contributed by atoms with E-state index in [1.165, 1.54) is 11.9 Å². The van der Waals surface area contributed by atoms with Crippen LogP contribution in [0.3, 0.4) is 0 Å². The van der Waals surface area contributed by atoms with Crippen LogP contribution in [0.5, 0.6) is 11.6 Å². The Bertz CT molecular complexity index is 487. The van der Waals surface area contributed by atoms with Crippen LogP contribution in [-0.2, 0) is 6.54 Å². The van der Waals surface area contributed by atoms with Gasteiger partial charge in [-0.15, -0.1) is 0 Å². The quantitative estimate of drug-likeness (QED) is 0.942. The zero-order valence-corrected chi connectivity index (χ0v) is 10.9. The fourth-order valence-corrected chi connectivity index (χ4v) is 1.67. The van der Waals surface area contributed by atoms with Crippen molar-refractivity contribution >= 4 is 15.9 Å². The normalized spacial score (nSPS) is 10.2. The number of rotatable bonds is 4. The molecule has 0 unspecified atom stereocenters. The molecule has 0 fully saturated rings. The molecule has 0 saturated heterocycles. The predicted octanol–water partition coefficient (Wildman–Crippen LogP) is 2.75. The molecule has 0 aliphatic heterocycles. The van der Waals surface area contributed by atoms with Gasteiger partial charge in [-0.25, -0.2) is 9.97 Å². The number of halogens is 1. The van der Waals surface area contributed by atoms with Gasteiger partial charge in [0.15, 0.2) is 0 Å². The zero-order chi connectivity index (χ0) is 12.1. The van der Waals surface area contributed by atoms with Gasteiger partial charge in [-0.3, -0.25) is 0 Å². The molecule has 1 aromatic carbocycles. The Hall–Kier alpha value is -1.46. The van der Waals surface area contributed by atoms with E-state index in [1.54, 1.807) is 6.20 Å². The molecule has 1 heterocycles. The van der Waals surface area contributed by atoms with Gasteiger partial charge in [0.2, 0.25) is 5.88 Å². The maximum absolute atomic E-state index is 5.62. The van der Waals surface area contributed by atoms with Crippen molar-refractivity contribution in [2.24, 2.45) is 0 Å². The van der Waals surface area contributed by atoms with Crippen LogP contribution in [0, 0.1) is 0 Å². The molecule has 1 aromatic heterocycles. The second kappa shape index (κ2) is 5.75. The number of ether oxygens (including phenoxy) is 1. The highest BCUT2D eigenvalue weighted by atomic mass is 79.9. The molecule has 4 nitrogen and oxygen atoms in total. The second-order valence-electron chi connectivity index (χ2n) is 3.45. The molecule has 0 saturated carbocycles. The fourth-order valence-electron chi connectivity index (χ4n) is 1.37. The topological polar surface area (TPSA) is 47.0 Å². The summed E-state index contributed by atoms with van der Waals surface area (Å²) in [6.07, 6.45) is 3.10. The van der Waals surface area contributed by atoms with Gasteiger partial charge in [0.1, 0.15) is 12.1 Å². The first kappa shape index (κ1) is 12.0. The van der Waals surface area contributed by atoms with E-state index in [9.17, 15) is 0 Å². The second-order valence-corrected chi connectivity index (χ2v) is 4.31. The summed E-state index contributed by atoms with van der Waals surface area (Å²) in [6, 6.07) is 7.87. The first-order valence-corrected chi connectivity index (χ1v) is 5.96. The Morgan fingerprint density at radius 1 is 1.29 bits per heavy atom. The molecule has 5 heteroatoms. The van der Waals surface area contributed by atoms with E-state index in [1.807, 2.05) is 31.3 Å². The van der Waals surface area contributed by atoms with E-state index in [4.69, 9.17) is 4.74 Å². The molecule has 0 amide bonds. The summed E-state index contributed by atoms with van der Waals surface area (Å²) in [6.45, 7) is 0.845. The van der Waals surface area contributed by atoms with Crippen LogP contribution in [-0.4, -0.2) is 17.0 Å². The van der Waals surface area contributed by atoms with Gasteiger partial charge in [0.05, 0.1) is 4.47 Å². The van der Waals surface area contributed by atoms with Crippen molar-refractivity contribution in [1.82, 2.24) is 15.3 Å². The minimum atomic E-state index is 0.515. The summed E-state index contributed by atoms with van der Waals surface area (Å²) in [5, 5.41) is 3.09. The minimum Gasteiger partial charge on any atom is -0.438 e. The average Bonchev–Trinajstić information content (AvgIpc) is 2.35. The lowest BCUT2D eigenvalue weighted by atomic mass is 10.2. The lowest BCUT2D eigenvalue weighted by molar-refractivity contribution is 0.458. The van der Waals surface area contributed by atoms with Crippen molar-refractivity contribution < 1.29 is 4.74 Å². The summed E-state index contributed by atoms with van der Waals surface area (Å²) in [7, 11) is 1.92. The molecule has 0 bridgehead atoms. The molecule has 88 valence electrons. The van der Waals surface area contributed by atoms with Gasteiger partial charge in [0.25, 0.3) is 0 Å². The standard InChI is InChI=1S/C12H12BrN3O/c1-14-6-9-2-4-10(5-3-9)17-12-11(13)7-15-8-16-12/h2-5,7-8,14H,6H2,1H3. The molecule has 17 heavy (non-hydrogen) atoms. The summed E-state index contributed by atoms with van der Waals surface area (Å²) in [4.78, 5) is 7.92. The Kier molecular flexibility index (Phi) is 4.06. The van der Waals surface area contributed by atoms with Crippen molar-refractivity contribution in [2.45, 2.75) is 6.54 Å². The van der Waals surface area contributed by atoms with Gasteiger partial charge < -0.3 is 10.1 Å². The Morgan fingerprint density at radius 3 is 2.71 bits per heavy atom. The maximum Gasteiger partial charge on any atom is 0.236 e. The van der Waals surface area contributed by atoms with Crippen molar-refractivity contribution in [2.75, 3.05) is 7.05 Å². The van der Waals surface area contributed by atoms with Crippen molar-refractivity contribution in [3.63, 3.8) is 0 Å². The molecular weight excluding hydrogens is 282 g/mol. The third kappa shape index (κ3) is 3.25. The van der Waals surface area contributed by atoms with Gasteiger partial charge in [-0.2, -0.15) is 0 Å². The van der Waals surface area contributed by atoms with Gasteiger partial charge in [-0.05, 0) is 40.7 Å². The van der Waals surface area contributed by atoms with Crippen LogP contribution < -0.4 is 10.1 Å². The Balaban J connectivity index is 2.11. The lowest BCUT2D eigenvalue weighted by Crippen LogP contribution is -2.04. The first-order valence-electron chi connectivity index (χ1n) is 5.16. The van der Waals surface area contributed by atoms with Gasteiger partial charge >= 0.3 is 0 Å². The van der Waals surface area contributed by atoms with Crippen LogP contribution in [0.4, 0.5) is 0 Å². The third-order valence-electron chi connectivity index (χ3n) is 2.15. The smallest absolute Gasteiger partial charge is 0.236 e. The molecule has 0 spiro atoms. The monoisotopic (exact) mass is 293 g/mol. The number of hydrogen-bond donors (Lipinski definition) is 1. The number of hydrogen-bond acceptors (Lipinski definition) is 4. The SMILES string of the molecule is CNCc1ccc(Oc2ncncc2Br)cc1. The van der Waals surface area contributed by atoms with Crippen LogP contribution >= 0.6 is 15.9 Å². The molecule has 0 atom stereocenters. The Labute approximate surface area is 108 Å². The summed E-state index contributed by atoms with van der Waals surface area (Å²) in [5.74, 6) is 1.27. The highest BCUT2D eigenvalue weighted by molar-refractivity contribution is 9.10. The van der Waals surface area contributed by atoms with E-state index in [0.717, 1.165) is 16.8 Å². The zero-order valence-electron chi connectivity index (χ0n) is 9.35. The highest BCUT2D eigenvalue weighted by Gasteiger charge is 2.03. The summed E-state index contributed by atoms with van der Waals surface area (Å²) in [5.41, 5.74) is 1.21. The van der Waals surface area contributed by atoms with Crippen LogP contribution in [0.15, 0.2) is 41.3 Å². The molecule has 0 aliphatic carbocycles. The van der Waals surface area contributed by atoms with Crippen molar-refractivity contribution in [3.05, 3.63) is 46.8 Å². The van der Waals surface area contributed by atoms with Gasteiger partial charge in [-0.1, -0.05) is 12.1 Å². The van der Waals surface area contributed by atoms with Crippen molar-refractivity contribution in [3.8, 4) is 11.6 Å². The van der Waals surface area contributed by atoms with Crippen molar-refractivity contribution in [1.29, 1.82) is 0 Å². The van der Waals surface area contributed by atoms with E-state index in [-0.39, 0.29) is 0 Å². The van der Waals surface area contributed by atoms with E-state index in [2.05, 4.69) is 31.2 Å². The van der Waals surface area contributed by atoms with E-state index in [0.29, 0.717) is 5.88 Å².